The van der Waals surface area contributed by atoms with Crippen LogP contribution in [0.4, 0.5) is 0 Å². The van der Waals surface area contributed by atoms with Crippen molar-refractivity contribution in [2.75, 3.05) is 13.2 Å². The molecule has 1 atom stereocenters. The molecule has 0 saturated heterocycles. The molecule has 22 heavy (non-hydrogen) atoms. The van der Waals surface area contributed by atoms with Crippen LogP contribution in [0, 0.1) is 5.92 Å². The molecule has 2 aromatic rings. The Kier molecular flexibility index (Phi) is 5.90. The van der Waals surface area contributed by atoms with Gasteiger partial charge in [-0.2, -0.15) is 0 Å². The first-order valence-corrected chi connectivity index (χ1v) is 8.63. The Labute approximate surface area is 135 Å². The van der Waals surface area contributed by atoms with Crippen molar-refractivity contribution in [3.05, 3.63) is 59.4 Å². The fourth-order valence-electron chi connectivity index (χ4n) is 1.98. The number of aliphatic hydroxyl groups excluding tert-OH is 1. The number of nitrogens with zero attached hydrogens (tertiary/aromatic N) is 1. The molecule has 118 valence electrons. The van der Waals surface area contributed by atoms with Crippen molar-refractivity contribution in [3.63, 3.8) is 0 Å². The SMILES string of the molecule is O=S(=O)(NCC(CO)Cc1ccccc1)c1ccc(Cl)nc1. The number of aliphatic hydroxyl groups is 1. The van der Waals surface area contributed by atoms with Crippen LogP contribution in [-0.2, 0) is 16.4 Å². The number of sulfonamides is 1. The summed E-state index contributed by atoms with van der Waals surface area (Å²) in [5.41, 5.74) is 1.05. The Morgan fingerprint density at radius 2 is 1.91 bits per heavy atom. The smallest absolute Gasteiger partial charge is 0.242 e. The van der Waals surface area contributed by atoms with Gasteiger partial charge in [-0.3, -0.25) is 0 Å². The lowest BCUT2D eigenvalue weighted by molar-refractivity contribution is 0.227. The van der Waals surface area contributed by atoms with Gasteiger partial charge in [0.25, 0.3) is 0 Å². The second kappa shape index (κ2) is 7.69. The number of hydrogen-bond acceptors (Lipinski definition) is 4. The molecule has 0 aliphatic heterocycles. The van der Waals surface area contributed by atoms with Gasteiger partial charge in [-0.15, -0.1) is 0 Å². The van der Waals surface area contributed by atoms with E-state index in [2.05, 4.69) is 9.71 Å². The lowest BCUT2D eigenvalue weighted by Crippen LogP contribution is -2.32. The van der Waals surface area contributed by atoms with Gasteiger partial charge >= 0.3 is 0 Å². The molecule has 1 unspecified atom stereocenters. The van der Waals surface area contributed by atoms with E-state index >= 15 is 0 Å². The van der Waals surface area contributed by atoms with Crippen molar-refractivity contribution >= 4 is 21.6 Å². The summed E-state index contributed by atoms with van der Waals surface area (Å²) in [6, 6.07) is 12.4. The monoisotopic (exact) mass is 340 g/mol. The predicted molar refractivity (Wildman–Crippen MR) is 85.2 cm³/mol. The quantitative estimate of drug-likeness (QED) is 0.754. The molecule has 0 aliphatic carbocycles. The number of halogens is 1. The van der Waals surface area contributed by atoms with Gasteiger partial charge in [-0.05, 0) is 30.0 Å². The molecular formula is C15H17ClN2O3S. The highest BCUT2D eigenvalue weighted by atomic mass is 35.5. The summed E-state index contributed by atoms with van der Waals surface area (Å²) >= 11 is 5.64. The highest BCUT2D eigenvalue weighted by molar-refractivity contribution is 7.89. The minimum Gasteiger partial charge on any atom is -0.396 e. The average Bonchev–Trinajstić information content (AvgIpc) is 2.53. The van der Waals surface area contributed by atoms with E-state index in [4.69, 9.17) is 11.6 Å². The fourth-order valence-corrected chi connectivity index (χ4v) is 3.15. The predicted octanol–water partition coefficient (Wildman–Crippen LogP) is 1.86. The van der Waals surface area contributed by atoms with Crippen LogP contribution < -0.4 is 4.72 Å². The molecule has 0 aliphatic rings. The molecule has 0 fully saturated rings. The zero-order valence-electron chi connectivity index (χ0n) is 11.8. The van der Waals surface area contributed by atoms with Gasteiger partial charge in [-0.1, -0.05) is 41.9 Å². The van der Waals surface area contributed by atoms with Gasteiger partial charge in [0.15, 0.2) is 0 Å². The second-order valence-electron chi connectivity index (χ2n) is 4.91. The van der Waals surface area contributed by atoms with Crippen molar-refractivity contribution in [3.8, 4) is 0 Å². The highest BCUT2D eigenvalue weighted by Gasteiger charge is 2.17. The Morgan fingerprint density at radius 1 is 1.18 bits per heavy atom. The van der Waals surface area contributed by atoms with Crippen molar-refractivity contribution < 1.29 is 13.5 Å². The van der Waals surface area contributed by atoms with Crippen LogP contribution in [0.15, 0.2) is 53.6 Å². The lowest BCUT2D eigenvalue weighted by atomic mass is 10.0. The maximum atomic E-state index is 12.1. The molecule has 2 rings (SSSR count). The van der Waals surface area contributed by atoms with E-state index in [1.54, 1.807) is 0 Å². The highest BCUT2D eigenvalue weighted by Crippen LogP contribution is 2.12. The van der Waals surface area contributed by atoms with E-state index in [-0.39, 0.29) is 29.1 Å². The summed E-state index contributed by atoms with van der Waals surface area (Å²) < 4.78 is 26.8. The Balaban J connectivity index is 1.99. The van der Waals surface area contributed by atoms with Crippen LogP contribution in [0.3, 0.4) is 0 Å². The summed E-state index contributed by atoms with van der Waals surface area (Å²) in [5.74, 6) is -0.197. The maximum Gasteiger partial charge on any atom is 0.242 e. The first-order chi connectivity index (χ1) is 10.5. The van der Waals surface area contributed by atoms with E-state index in [1.165, 1.54) is 18.3 Å². The van der Waals surface area contributed by atoms with Gasteiger partial charge in [0, 0.05) is 19.3 Å². The average molecular weight is 341 g/mol. The largest absolute Gasteiger partial charge is 0.396 e. The molecule has 0 amide bonds. The zero-order valence-corrected chi connectivity index (χ0v) is 13.4. The third-order valence-electron chi connectivity index (χ3n) is 3.20. The lowest BCUT2D eigenvalue weighted by Gasteiger charge is -2.15. The van der Waals surface area contributed by atoms with Gasteiger partial charge in [0.1, 0.15) is 10.0 Å². The number of benzene rings is 1. The van der Waals surface area contributed by atoms with Gasteiger partial charge < -0.3 is 5.11 Å². The minimum absolute atomic E-state index is 0.0494. The molecular weight excluding hydrogens is 324 g/mol. The van der Waals surface area contributed by atoms with E-state index in [0.717, 1.165) is 5.56 Å². The number of nitrogens with one attached hydrogen (secondary N) is 1. The van der Waals surface area contributed by atoms with Crippen LogP contribution in [0.25, 0.3) is 0 Å². The molecule has 1 heterocycles. The molecule has 5 nitrogen and oxygen atoms in total. The van der Waals surface area contributed by atoms with Crippen LogP contribution >= 0.6 is 11.6 Å². The van der Waals surface area contributed by atoms with E-state index < -0.39 is 10.0 Å². The summed E-state index contributed by atoms with van der Waals surface area (Å²) in [7, 11) is -3.66. The summed E-state index contributed by atoms with van der Waals surface area (Å²) in [6.45, 7) is 0.0483. The normalized spacial score (nSPS) is 13.0. The van der Waals surface area contributed by atoms with Crippen LogP contribution in [0.1, 0.15) is 5.56 Å². The maximum absolute atomic E-state index is 12.1. The summed E-state index contributed by atoms with van der Waals surface area (Å²) in [5, 5.41) is 9.66. The molecule has 1 aromatic carbocycles. The number of rotatable bonds is 7. The molecule has 0 saturated carbocycles. The summed E-state index contributed by atoms with van der Waals surface area (Å²) in [4.78, 5) is 3.81. The molecule has 1 aromatic heterocycles. The van der Waals surface area contributed by atoms with E-state index in [9.17, 15) is 13.5 Å². The van der Waals surface area contributed by atoms with Crippen molar-refractivity contribution in [1.82, 2.24) is 9.71 Å². The van der Waals surface area contributed by atoms with Gasteiger partial charge in [0.2, 0.25) is 10.0 Å². The molecule has 0 spiro atoms. The van der Waals surface area contributed by atoms with Crippen LogP contribution in [0.5, 0.6) is 0 Å². The Hall–Kier alpha value is -1.47. The number of hydrogen-bond donors (Lipinski definition) is 2. The zero-order chi connectivity index (χ0) is 16.0. The summed E-state index contributed by atoms with van der Waals surface area (Å²) in [6.07, 6.45) is 1.80. The molecule has 7 heteroatoms. The number of aromatic nitrogens is 1. The second-order valence-corrected chi connectivity index (χ2v) is 7.06. The van der Waals surface area contributed by atoms with Gasteiger partial charge in [0.05, 0.1) is 0 Å². The third kappa shape index (κ3) is 4.78. The Morgan fingerprint density at radius 3 is 2.50 bits per heavy atom. The van der Waals surface area contributed by atoms with Crippen molar-refractivity contribution in [2.45, 2.75) is 11.3 Å². The van der Waals surface area contributed by atoms with Crippen molar-refractivity contribution in [1.29, 1.82) is 0 Å². The minimum atomic E-state index is -3.66. The third-order valence-corrected chi connectivity index (χ3v) is 4.83. The van der Waals surface area contributed by atoms with Crippen molar-refractivity contribution in [2.24, 2.45) is 5.92 Å². The molecule has 0 radical (unpaired) electrons. The number of pyridine rings is 1. The van der Waals surface area contributed by atoms with Crippen LogP contribution in [0.2, 0.25) is 5.15 Å². The van der Waals surface area contributed by atoms with Crippen LogP contribution in [-0.4, -0.2) is 31.7 Å². The van der Waals surface area contributed by atoms with Gasteiger partial charge in [-0.25, -0.2) is 18.1 Å². The first kappa shape index (κ1) is 16.9. The molecule has 0 bridgehead atoms. The first-order valence-electron chi connectivity index (χ1n) is 6.77. The Bertz CT molecular complexity index is 690. The topological polar surface area (TPSA) is 79.3 Å². The standard InChI is InChI=1S/C15H17ClN2O3S/c16-15-7-6-14(10-17-15)22(20,21)18-9-13(11-19)8-12-4-2-1-3-5-12/h1-7,10,13,18-19H,8-9,11H2. The fraction of sp³-hybridized carbons (Fsp3) is 0.267. The van der Waals surface area contributed by atoms with E-state index in [0.29, 0.717) is 6.42 Å². The molecule has 2 N–H and O–H groups in total. The van der Waals surface area contributed by atoms with E-state index in [1.807, 2.05) is 30.3 Å².